The number of rotatable bonds is 3. The molecule has 0 aromatic heterocycles. The summed E-state index contributed by atoms with van der Waals surface area (Å²) in [6, 6.07) is 1.45. The lowest BCUT2D eigenvalue weighted by molar-refractivity contribution is 0.643. The van der Waals surface area contributed by atoms with E-state index in [1.807, 2.05) is 0 Å². The third kappa shape index (κ3) is 2.43. The average molecular weight is 216 g/mol. The van der Waals surface area contributed by atoms with Crippen LogP contribution >= 0.6 is 0 Å². The van der Waals surface area contributed by atoms with Crippen LogP contribution in [0.3, 0.4) is 0 Å². The highest BCUT2D eigenvalue weighted by Crippen LogP contribution is 2.28. The van der Waals surface area contributed by atoms with Crippen LogP contribution in [0.4, 0.5) is 0 Å². The summed E-state index contributed by atoms with van der Waals surface area (Å²) in [6.07, 6.45) is 1.42. The molecule has 1 aliphatic rings. The van der Waals surface area contributed by atoms with Gasteiger partial charge in [-0.05, 0) is 32.1 Å². The van der Waals surface area contributed by atoms with Crippen molar-refractivity contribution in [2.24, 2.45) is 0 Å². The SMILES string of the molecule is CCN[Si]1(C)CCCN1[Si](C)(C)C. The number of nitrogens with one attached hydrogen (secondary N) is 1. The van der Waals surface area contributed by atoms with Crippen LogP contribution in [0, 0.1) is 0 Å². The van der Waals surface area contributed by atoms with Crippen molar-refractivity contribution in [3.63, 3.8) is 0 Å². The predicted octanol–water partition coefficient (Wildman–Crippen LogP) is 2.21. The standard InChI is InChI=1S/C9H24N2Si2/c1-6-10-13(5)9-7-8-11(13)12(2,3)4/h10H,6-9H2,1-5H3. The Bertz CT molecular complexity index is 179. The maximum absolute atomic E-state index is 3.78. The van der Waals surface area contributed by atoms with Crippen molar-refractivity contribution in [2.75, 3.05) is 13.1 Å². The van der Waals surface area contributed by atoms with E-state index in [1.165, 1.54) is 19.0 Å². The molecule has 1 N–H and O–H groups in total. The predicted molar refractivity (Wildman–Crippen MR) is 64.8 cm³/mol. The van der Waals surface area contributed by atoms with E-state index in [1.54, 1.807) is 0 Å². The van der Waals surface area contributed by atoms with Gasteiger partial charge in [-0.2, -0.15) is 0 Å². The van der Waals surface area contributed by atoms with Crippen molar-refractivity contribution in [3.8, 4) is 0 Å². The van der Waals surface area contributed by atoms with Gasteiger partial charge in [-0.1, -0.05) is 26.6 Å². The molecule has 0 spiro atoms. The smallest absolute Gasteiger partial charge is 0.194 e. The van der Waals surface area contributed by atoms with E-state index in [0.29, 0.717) is 0 Å². The molecule has 1 saturated heterocycles. The van der Waals surface area contributed by atoms with Crippen molar-refractivity contribution >= 4 is 16.6 Å². The number of hydrogen-bond acceptors (Lipinski definition) is 2. The number of hydrogen-bond donors (Lipinski definition) is 1. The molecule has 13 heavy (non-hydrogen) atoms. The molecule has 0 radical (unpaired) electrons. The van der Waals surface area contributed by atoms with Gasteiger partial charge in [0.25, 0.3) is 0 Å². The van der Waals surface area contributed by atoms with Gasteiger partial charge in [0.05, 0.1) is 0 Å². The minimum absolute atomic E-state index is 1.06. The largest absolute Gasteiger partial charge is 0.334 e. The first-order valence-corrected chi connectivity index (χ1v) is 11.5. The molecule has 2 nitrogen and oxygen atoms in total. The van der Waals surface area contributed by atoms with Gasteiger partial charge in [-0.15, -0.1) is 0 Å². The average Bonchev–Trinajstić information content (AvgIpc) is 2.30. The summed E-state index contributed by atoms with van der Waals surface area (Å²) in [5, 5.41) is 0. The van der Waals surface area contributed by atoms with E-state index in [4.69, 9.17) is 0 Å². The highest BCUT2D eigenvalue weighted by atomic mass is 28.4. The molecule has 1 rings (SSSR count). The zero-order valence-electron chi connectivity index (χ0n) is 9.78. The Morgan fingerprint density at radius 1 is 1.38 bits per heavy atom. The van der Waals surface area contributed by atoms with Gasteiger partial charge in [0.1, 0.15) is 8.24 Å². The second-order valence-electron chi connectivity index (χ2n) is 5.23. The van der Waals surface area contributed by atoms with Crippen molar-refractivity contribution < 1.29 is 0 Å². The summed E-state index contributed by atoms with van der Waals surface area (Å²) in [6.45, 7) is 14.7. The van der Waals surface area contributed by atoms with Crippen LogP contribution in [0.2, 0.25) is 32.2 Å². The van der Waals surface area contributed by atoms with E-state index in [0.717, 1.165) is 6.54 Å². The van der Waals surface area contributed by atoms with Gasteiger partial charge in [0, 0.05) is 0 Å². The summed E-state index contributed by atoms with van der Waals surface area (Å²) < 4.78 is 2.86. The minimum atomic E-state index is -1.21. The van der Waals surface area contributed by atoms with E-state index in [2.05, 4.69) is 42.3 Å². The van der Waals surface area contributed by atoms with E-state index < -0.39 is 16.6 Å². The molecule has 0 aliphatic carbocycles. The van der Waals surface area contributed by atoms with Crippen LogP contribution in [0.15, 0.2) is 0 Å². The molecule has 0 bridgehead atoms. The first-order chi connectivity index (χ1) is 5.90. The molecule has 0 amide bonds. The van der Waals surface area contributed by atoms with Gasteiger partial charge in [0.15, 0.2) is 8.40 Å². The van der Waals surface area contributed by atoms with Gasteiger partial charge >= 0.3 is 0 Å². The van der Waals surface area contributed by atoms with Gasteiger partial charge in [-0.3, -0.25) is 0 Å². The molecule has 0 aromatic rings. The Morgan fingerprint density at radius 3 is 2.46 bits per heavy atom. The van der Waals surface area contributed by atoms with Crippen molar-refractivity contribution in [3.05, 3.63) is 0 Å². The van der Waals surface area contributed by atoms with Gasteiger partial charge < -0.3 is 9.21 Å². The van der Waals surface area contributed by atoms with Crippen LogP contribution in [0.1, 0.15) is 13.3 Å². The zero-order valence-corrected chi connectivity index (χ0v) is 11.8. The summed E-state index contributed by atoms with van der Waals surface area (Å²) in [5.41, 5.74) is 0. The fraction of sp³-hybridized carbons (Fsp3) is 1.00. The van der Waals surface area contributed by atoms with Crippen molar-refractivity contribution in [1.29, 1.82) is 0 Å². The van der Waals surface area contributed by atoms with Crippen molar-refractivity contribution in [1.82, 2.24) is 9.21 Å². The second-order valence-corrected chi connectivity index (χ2v) is 14.5. The molecule has 0 saturated carbocycles. The first-order valence-electron chi connectivity index (χ1n) is 5.43. The van der Waals surface area contributed by atoms with Crippen LogP contribution < -0.4 is 4.98 Å². The molecule has 0 aromatic carbocycles. The molecule has 78 valence electrons. The lowest BCUT2D eigenvalue weighted by Crippen LogP contribution is -2.65. The fourth-order valence-corrected chi connectivity index (χ4v) is 12.8. The van der Waals surface area contributed by atoms with Crippen LogP contribution in [-0.2, 0) is 0 Å². The van der Waals surface area contributed by atoms with Crippen LogP contribution in [0.5, 0.6) is 0 Å². The lowest BCUT2D eigenvalue weighted by Gasteiger charge is -2.42. The van der Waals surface area contributed by atoms with Crippen LogP contribution in [0.25, 0.3) is 0 Å². The Morgan fingerprint density at radius 2 is 2.00 bits per heavy atom. The molecule has 1 fully saturated rings. The Labute approximate surface area is 85.0 Å². The Hall–Kier alpha value is 0.354. The molecular weight excluding hydrogens is 192 g/mol. The molecule has 1 aliphatic heterocycles. The Balaban J connectivity index is 2.73. The highest BCUT2D eigenvalue weighted by Gasteiger charge is 2.44. The first kappa shape index (κ1) is 11.4. The summed E-state index contributed by atoms with van der Waals surface area (Å²) in [5.74, 6) is 0. The molecule has 1 atom stereocenters. The normalized spacial score (nSPS) is 31.2. The van der Waals surface area contributed by atoms with E-state index in [-0.39, 0.29) is 0 Å². The highest BCUT2D eigenvalue weighted by molar-refractivity contribution is 6.90. The van der Waals surface area contributed by atoms with E-state index in [9.17, 15) is 0 Å². The molecule has 1 heterocycles. The minimum Gasteiger partial charge on any atom is -0.334 e. The van der Waals surface area contributed by atoms with Crippen LogP contribution in [-0.4, -0.2) is 34.0 Å². The summed E-state index contributed by atoms with van der Waals surface area (Å²) in [4.78, 5) is 3.78. The molecule has 4 heteroatoms. The lowest BCUT2D eigenvalue weighted by atomic mass is 10.5. The zero-order chi connectivity index (χ0) is 10.1. The second kappa shape index (κ2) is 3.84. The maximum Gasteiger partial charge on any atom is 0.194 e. The summed E-state index contributed by atoms with van der Waals surface area (Å²) >= 11 is 0. The molecular formula is C9H24N2Si2. The quantitative estimate of drug-likeness (QED) is 0.728. The maximum atomic E-state index is 3.78. The summed E-state index contributed by atoms with van der Waals surface area (Å²) in [7, 11) is -2.27. The topological polar surface area (TPSA) is 15.3 Å². The fourth-order valence-electron chi connectivity index (χ4n) is 2.60. The van der Waals surface area contributed by atoms with Crippen molar-refractivity contribution in [2.45, 2.75) is 45.6 Å². The number of nitrogens with zero attached hydrogens (tertiary/aromatic N) is 1. The van der Waals surface area contributed by atoms with E-state index >= 15 is 0 Å². The Kier molecular flexibility index (Phi) is 3.38. The molecule has 1 unspecified atom stereocenters. The monoisotopic (exact) mass is 216 g/mol. The van der Waals surface area contributed by atoms with Gasteiger partial charge in [0.2, 0.25) is 0 Å². The third-order valence-corrected chi connectivity index (χ3v) is 12.2. The van der Waals surface area contributed by atoms with Gasteiger partial charge in [-0.25, -0.2) is 0 Å². The third-order valence-electron chi connectivity index (χ3n) is 3.01.